The average molecular weight is 290 g/mol. The van der Waals surface area contributed by atoms with E-state index in [1.807, 2.05) is 32.0 Å². The van der Waals surface area contributed by atoms with Crippen molar-refractivity contribution in [3.8, 4) is 5.75 Å². The Balaban J connectivity index is 2.15. The number of hydrogen-bond donors (Lipinski definition) is 1. The van der Waals surface area contributed by atoms with Crippen LogP contribution < -0.4 is 10.5 Å². The van der Waals surface area contributed by atoms with E-state index in [1.165, 1.54) is 0 Å². The molecule has 104 valence electrons. The quantitative estimate of drug-likeness (QED) is 0.934. The lowest BCUT2D eigenvalue weighted by Crippen LogP contribution is -2.11. The molecule has 2 aromatic rings. The van der Waals surface area contributed by atoms with E-state index >= 15 is 0 Å². The van der Waals surface area contributed by atoms with Crippen LogP contribution in [-0.4, -0.2) is 5.91 Å². The van der Waals surface area contributed by atoms with E-state index < -0.39 is 5.91 Å². The van der Waals surface area contributed by atoms with Crippen molar-refractivity contribution in [3.63, 3.8) is 0 Å². The smallest absolute Gasteiger partial charge is 0.248 e. The van der Waals surface area contributed by atoms with Gasteiger partial charge in [0.2, 0.25) is 5.91 Å². The van der Waals surface area contributed by atoms with E-state index in [-0.39, 0.29) is 0 Å². The third kappa shape index (κ3) is 3.31. The summed E-state index contributed by atoms with van der Waals surface area (Å²) in [4.78, 5) is 11.1. The molecule has 4 heteroatoms. The molecule has 0 saturated carbocycles. The summed E-state index contributed by atoms with van der Waals surface area (Å²) < 4.78 is 5.78. The van der Waals surface area contributed by atoms with E-state index in [1.54, 1.807) is 18.2 Å². The number of halogens is 1. The first kappa shape index (κ1) is 14.4. The highest BCUT2D eigenvalue weighted by Crippen LogP contribution is 2.24. The zero-order valence-electron chi connectivity index (χ0n) is 11.4. The number of ether oxygens (including phenoxy) is 1. The first-order valence-corrected chi connectivity index (χ1v) is 6.63. The molecule has 0 aliphatic rings. The molecule has 0 aliphatic heterocycles. The predicted molar refractivity (Wildman–Crippen MR) is 80.2 cm³/mol. The maximum absolute atomic E-state index is 11.1. The van der Waals surface area contributed by atoms with Crippen LogP contribution in [0.25, 0.3) is 0 Å². The van der Waals surface area contributed by atoms with Gasteiger partial charge in [0.15, 0.2) is 0 Å². The number of primary amides is 1. The van der Waals surface area contributed by atoms with E-state index in [2.05, 4.69) is 0 Å². The van der Waals surface area contributed by atoms with Gasteiger partial charge in [-0.15, -0.1) is 0 Å². The van der Waals surface area contributed by atoms with Crippen LogP contribution in [0.5, 0.6) is 5.75 Å². The fourth-order valence-electron chi connectivity index (χ4n) is 1.90. The number of nitrogens with two attached hydrogens (primary N) is 1. The molecule has 0 heterocycles. The van der Waals surface area contributed by atoms with Crippen molar-refractivity contribution in [1.82, 2.24) is 0 Å². The van der Waals surface area contributed by atoms with Gasteiger partial charge in [-0.1, -0.05) is 23.7 Å². The lowest BCUT2D eigenvalue weighted by atomic mass is 10.1. The Morgan fingerprint density at radius 3 is 2.55 bits per heavy atom. The molecule has 20 heavy (non-hydrogen) atoms. The van der Waals surface area contributed by atoms with Crippen LogP contribution in [0, 0.1) is 13.8 Å². The fourth-order valence-corrected chi connectivity index (χ4v) is 2.06. The summed E-state index contributed by atoms with van der Waals surface area (Å²) in [6.07, 6.45) is 0. The van der Waals surface area contributed by atoms with Crippen LogP contribution in [0.3, 0.4) is 0 Å². The number of benzene rings is 2. The average Bonchev–Trinajstić information content (AvgIpc) is 2.40. The van der Waals surface area contributed by atoms with Crippen molar-refractivity contribution in [2.75, 3.05) is 0 Å². The highest BCUT2D eigenvalue weighted by atomic mass is 35.5. The molecule has 0 saturated heterocycles. The summed E-state index contributed by atoms with van der Waals surface area (Å²) in [6, 6.07) is 10.9. The fraction of sp³-hybridized carbons (Fsp3) is 0.188. The van der Waals surface area contributed by atoms with Crippen molar-refractivity contribution in [3.05, 3.63) is 63.7 Å². The van der Waals surface area contributed by atoms with E-state index in [9.17, 15) is 4.79 Å². The monoisotopic (exact) mass is 289 g/mol. The Kier molecular flexibility index (Phi) is 4.30. The molecule has 0 radical (unpaired) electrons. The molecule has 2 rings (SSSR count). The standard InChI is InChI=1S/C16H16ClNO2/c1-10-3-6-14(17)8-15(10)20-9-13-5-4-12(16(18)19)7-11(13)2/h3-8H,9H2,1-2H3,(H2,18,19). The summed E-state index contributed by atoms with van der Waals surface area (Å²) in [5, 5.41) is 0.645. The molecule has 0 aliphatic carbocycles. The van der Waals surface area contributed by atoms with Crippen LogP contribution >= 0.6 is 11.6 Å². The largest absolute Gasteiger partial charge is 0.489 e. The molecular formula is C16H16ClNO2. The van der Waals surface area contributed by atoms with Crippen molar-refractivity contribution in [2.24, 2.45) is 5.73 Å². The lowest BCUT2D eigenvalue weighted by molar-refractivity contribution is 0.1000. The second-order valence-electron chi connectivity index (χ2n) is 4.70. The second-order valence-corrected chi connectivity index (χ2v) is 5.14. The van der Waals surface area contributed by atoms with Gasteiger partial charge in [0.1, 0.15) is 12.4 Å². The van der Waals surface area contributed by atoms with Crippen molar-refractivity contribution in [1.29, 1.82) is 0 Å². The van der Waals surface area contributed by atoms with Crippen LogP contribution in [0.15, 0.2) is 36.4 Å². The van der Waals surface area contributed by atoms with E-state index in [0.29, 0.717) is 17.2 Å². The summed E-state index contributed by atoms with van der Waals surface area (Å²) in [5.74, 6) is 0.335. The minimum absolute atomic E-state index is 0.423. The Hall–Kier alpha value is -2.00. The summed E-state index contributed by atoms with van der Waals surface area (Å²) >= 11 is 5.95. The molecule has 1 amide bonds. The molecule has 3 nitrogen and oxygen atoms in total. The predicted octanol–water partition coefficient (Wildman–Crippen LogP) is 3.63. The maximum atomic E-state index is 11.1. The molecule has 0 unspecified atom stereocenters. The number of hydrogen-bond acceptors (Lipinski definition) is 2. The van der Waals surface area contributed by atoms with Gasteiger partial charge >= 0.3 is 0 Å². The Morgan fingerprint density at radius 2 is 1.90 bits per heavy atom. The van der Waals surface area contributed by atoms with Crippen LogP contribution in [0.1, 0.15) is 27.0 Å². The highest BCUT2D eigenvalue weighted by Gasteiger charge is 2.06. The third-order valence-corrected chi connectivity index (χ3v) is 3.40. The van der Waals surface area contributed by atoms with Gasteiger partial charge in [-0.25, -0.2) is 0 Å². The van der Waals surface area contributed by atoms with Gasteiger partial charge in [-0.05, 0) is 54.8 Å². The van der Waals surface area contributed by atoms with Crippen molar-refractivity contribution >= 4 is 17.5 Å². The molecule has 0 bridgehead atoms. The summed E-state index contributed by atoms with van der Waals surface area (Å²) in [6.45, 7) is 4.32. The number of amides is 1. The Morgan fingerprint density at radius 1 is 1.15 bits per heavy atom. The van der Waals surface area contributed by atoms with Crippen LogP contribution in [0.4, 0.5) is 0 Å². The van der Waals surface area contributed by atoms with Gasteiger partial charge in [0.25, 0.3) is 0 Å². The second kappa shape index (κ2) is 5.97. The van der Waals surface area contributed by atoms with Crippen LogP contribution in [-0.2, 0) is 6.61 Å². The first-order chi connectivity index (χ1) is 9.47. The zero-order valence-corrected chi connectivity index (χ0v) is 12.2. The minimum Gasteiger partial charge on any atom is -0.489 e. The van der Waals surface area contributed by atoms with Crippen molar-refractivity contribution < 1.29 is 9.53 Å². The number of rotatable bonds is 4. The van der Waals surface area contributed by atoms with Gasteiger partial charge in [-0.2, -0.15) is 0 Å². The van der Waals surface area contributed by atoms with Crippen LogP contribution in [0.2, 0.25) is 5.02 Å². The Bertz CT molecular complexity index is 653. The Labute approximate surface area is 123 Å². The van der Waals surface area contributed by atoms with E-state index in [0.717, 1.165) is 22.4 Å². The molecule has 0 aromatic heterocycles. The minimum atomic E-state index is -0.425. The van der Waals surface area contributed by atoms with Gasteiger partial charge in [0, 0.05) is 10.6 Å². The third-order valence-electron chi connectivity index (χ3n) is 3.16. The molecule has 0 atom stereocenters. The molecule has 0 fully saturated rings. The summed E-state index contributed by atoms with van der Waals surface area (Å²) in [7, 11) is 0. The number of carbonyl (C=O) groups excluding carboxylic acids is 1. The van der Waals surface area contributed by atoms with Gasteiger partial charge in [0.05, 0.1) is 0 Å². The normalized spacial score (nSPS) is 10.3. The first-order valence-electron chi connectivity index (χ1n) is 6.25. The molecule has 2 aromatic carbocycles. The van der Waals surface area contributed by atoms with E-state index in [4.69, 9.17) is 22.1 Å². The number of aryl methyl sites for hydroxylation is 2. The lowest BCUT2D eigenvalue weighted by Gasteiger charge is -2.12. The van der Waals surface area contributed by atoms with Gasteiger partial charge in [-0.3, -0.25) is 4.79 Å². The maximum Gasteiger partial charge on any atom is 0.248 e. The molecule has 0 spiro atoms. The SMILES string of the molecule is Cc1cc(C(N)=O)ccc1COc1cc(Cl)ccc1C. The zero-order chi connectivity index (χ0) is 14.7. The summed E-state index contributed by atoms with van der Waals surface area (Å²) in [5.41, 5.74) is 8.76. The molecular weight excluding hydrogens is 274 g/mol. The highest BCUT2D eigenvalue weighted by molar-refractivity contribution is 6.30. The number of carbonyl (C=O) groups is 1. The van der Waals surface area contributed by atoms with Crippen molar-refractivity contribution in [2.45, 2.75) is 20.5 Å². The topological polar surface area (TPSA) is 52.3 Å². The van der Waals surface area contributed by atoms with Gasteiger partial charge < -0.3 is 10.5 Å². The molecule has 2 N–H and O–H groups in total.